The number of halogens is 1. The van der Waals surface area contributed by atoms with Gasteiger partial charge in [-0.05, 0) is 42.0 Å². The molecule has 5 nitrogen and oxygen atoms in total. The lowest BCUT2D eigenvalue weighted by Crippen LogP contribution is -2.41. The van der Waals surface area contributed by atoms with Crippen molar-refractivity contribution in [2.75, 3.05) is 23.1 Å². The first kappa shape index (κ1) is 23.2. The quantitative estimate of drug-likeness (QED) is 0.436. The van der Waals surface area contributed by atoms with Crippen molar-refractivity contribution >= 4 is 45.0 Å². The zero-order valence-electron chi connectivity index (χ0n) is 16.8. The van der Waals surface area contributed by atoms with Crippen LogP contribution in [0.15, 0.2) is 89.8 Å². The Morgan fingerprint density at radius 3 is 2.16 bits per heavy atom. The van der Waals surface area contributed by atoms with Gasteiger partial charge < -0.3 is 5.32 Å². The standard InChI is InChI=1S/C23H23ClN2O3S2/c24-20-11-13-22(14-12-20)31(28,29)26(21-9-5-2-6-10-21)17-23(27)25-15-16-30-18-19-7-3-1-4-8-19/h1-14H,15-18H2,(H,25,27). The number of nitrogens with one attached hydrogen (secondary N) is 1. The third-order valence-electron chi connectivity index (χ3n) is 4.41. The van der Waals surface area contributed by atoms with Gasteiger partial charge in [-0.15, -0.1) is 0 Å². The van der Waals surface area contributed by atoms with Gasteiger partial charge in [0.15, 0.2) is 0 Å². The minimum Gasteiger partial charge on any atom is -0.354 e. The van der Waals surface area contributed by atoms with E-state index in [-0.39, 0.29) is 17.3 Å². The molecule has 0 unspecified atom stereocenters. The van der Waals surface area contributed by atoms with Crippen LogP contribution in [0.3, 0.4) is 0 Å². The number of nitrogens with zero attached hydrogens (tertiary/aromatic N) is 1. The minimum atomic E-state index is -3.93. The molecular formula is C23H23ClN2O3S2. The van der Waals surface area contributed by atoms with E-state index >= 15 is 0 Å². The second-order valence-electron chi connectivity index (χ2n) is 6.69. The van der Waals surface area contributed by atoms with E-state index in [1.54, 1.807) is 42.1 Å². The van der Waals surface area contributed by atoms with E-state index in [2.05, 4.69) is 17.4 Å². The van der Waals surface area contributed by atoms with Gasteiger partial charge in [-0.25, -0.2) is 8.42 Å². The molecule has 0 heterocycles. The maximum Gasteiger partial charge on any atom is 0.264 e. The molecule has 0 saturated heterocycles. The summed E-state index contributed by atoms with van der Waals surface area (Å²) in [6.07, 6.45) is 0. The predicted molar refractivity (Wildman–Crippen MR) is 128 cm³/mol. The summed E-state index contributed by atoms with van der Waals surface area (Å²) < 4.78 is 27.5. The van der Waals surface area contributed by atoms with Crippen molar-refractivity contribution in [2.45, 2.75) is 10.6 Å². The van der Waals surface area contributed by atoms with E-state index in [9.17, 15) is 13.2 Å². The maximum atomic E-state index is 13.2. The number of amides is 1. The minimum absolute atomic E-state index is 0.0759. The van der Waals surface area contributed by atoms with Crippen LogP contribution < -0.4 is 9.62 Å². The molecule has 3 aromatic carbocycles. The average Bonchev–Trinajstić information content (AvgIpc) is 2.79. The topological polar surface area (TPSA) is 66.5 Å². The molecule has 0 saturated carbocycles. The molecule has 1 N–H and O–H groups in total. The number of anilines is 1. The zero-order chi connectivity index (χ0) is 22.1. The molecule has 0 spiro atoms. The van der Waals surface area contributed by atoms with Gasteiger partial charge in [-0.3, -0.25) is 9.10 Å². The molecule has 0 aliphatic heterocycles. The van der Waals surface area contributed by atoms with Crippen molar-refractivity contribution in [3.8, 4) is 0 Å². The number of benzene rings is 3. The normalized spacial score (nSPS) is 11.1. The molecule has 0 aromatic heterocycles. The number of carbonyl (C=O) groups is 1. The largest absolute Gasteiger partial charge is 0.354 e. The van der Waals surface area contributed by atoms with E-state index in [0.717, 1.165) is 15.8 Å². The Kier molecular flexibility index (Phi) is 8.40. The monoisotopic (exact) mass is 474 g/mol. The number of carbonyl (C=O) groups excluding carboxylic acids is 1. The van der Waals surface area contributed by atoms with Crippen molar-refractivity contribution in [1.29, 1.82) is 0 Å². The van der Waals surface area contributed by atoms with E-state index in [1.165, 1.54) is 29.8 Å². The Bertz CT molecular complexity index is 1080. The molecule has 0 radical (unpaired) electrons. The van der Waals surface area contributed by atoms with Crippen molar-refractivity contribution in [1.82, 2.24) is 5.32 Å². The number of thioether (sulfide) groups is 1. The van der Waals surface area contributed by atoms with Gasteiger partial charge in [0.25, 0.3) is 10.0 Å². The highest BCUT2D eigenvalue weighted by Gasteiger charge is 2.27. The Balaban J connectivity index is 1.62. The average molecular weight is 475 g/mol. The summed E-state index contributed by atoms with van der Waals surface area (Å²) in [5, 5.41) is 3.26. The van der Waals surface area contributed by atoms with Crippen molar-refractivity contribution in [2.24, 2.45) is 0 Å². The highest BCUT2D eigenvalue weighted by Crippen LogP contribution is 2.24. The molecular weight excluding hydrogens is 452 g/mol. The van der Waals surface area contributed by atoms with Crippen LogP contribution in [-0.4, -0.2) is 33.2 Å². The Morgan fingerprint density at radius 2 is 1.52 bits per heavy atom. The van der Waals surface area contributed by atoms with Gasteiger partial charge in [0.05, 0.1) is 10.6 Å². The first-order valence-electron chi connectivity index (χ1n) is 9.68. The molecule has 0 aliphatic rings. The summed E-state index contributed by atoms with van der Waals surface area (Å²) in [7, 11) is -3.93. The first-order valence-corrected chi connectivity index (χ1v) is 12.7. The highest BCUT2D eigenvalue weighted by atomic mass is 35.5. The summed E-state index contributed by atoms with van der Waals surface area (Å²) in [5.41, 5.74) is 1.65. The molecule has 31 heavy (non-hydrogen) atoms. The second kappa shape index (κ2) is 11.2. The van der Waals surface area contributed by atoms with Crippen LogP contribution >= 0.6 is 23.4 Å². The molecule has 1 amide bonds. The lowest BCUT2D eigenvalue weighted by molar-refractivity contribution is -0.119. The van der Waals surface area contributed by atoms with E-state index in [1.807, 2.05) is 18.2 Å². The van der Waals surface area contributed by atoms with Crippen molar-refractivity contribution in [3.05, 3.63) is 95.5 Å². The SMILES string of the molecule is O=C(CN(c1ccccc1)S(=O)(=O)c1ccc(Cl)cc1)NCCSCc1ccccc1. The molecule has 162 valence electrons. The molecule has 0 bridgehead atoms. The van der Waals surface area contributed by atoms with E-state index in [0.29, 0.717) is 17.3 Å². The van der Waals surface area contributed by atoms with Gasteiger partial charge in [0.2, 0.25) is 5.91 Å². The molecule has 3 rings (SSSR count). The van der Waals surface area contributed by atoms with Crippen LogP contribution in [0.25, 0.3) is 0 Å². The fourth-order valence-electron chi connectivity index (χ4n) is 2.86. The van der Waals surface area contributed by atoms with E-state index < -0.39 is 10.0 Å². The summed E-state index contributed by atoms with van der Waals surface area (Å²) in [5.74, 6) is 1.23. The Morgan fingerprint density at radius 1 is 0.903 bits per heavy atom. The highest BCUT2D eigenvalue weighted by molar-refractivity contribution is 7.98. The molecule has 3 aromatic rings. The smallest absolute Gasteiger partial charge is 0.264 e. The van der Waals surface area contributed by atoms with Crippen LogP contribution in [0.5, 0.6) is 0 Å². The number of para-hydroxylation sites is 1. The zero-order valence-corrected chi connectivity index (χ0v) is 19.2. The van der Waals surface area contributed by atoms with Crippen molar-refractivity contribution < 1.29 is 13.2 Å². The third-order valence-corrected chi connectivity index (χ3v) is 7.48. The first-order chi connectivity index (χ1) is 15.0. The predicted octanol–water partition coefficient (Wildman–Crippen LogP) is 4.58. The van der Waals surface area contributed by atoms with Gasteiger partial charge in [-0.2, -0.15) is 11.8 Å². The lowest BCUT2D eigenvalue weighted by Gasteiger charge is -2.24. The fourth-order valence-corrected chi connectivity index (χ4v) is 5.22. The molecule has 8 heteroatoms. The number of rotatable bonds is 10. The van der Waals surface area contributed by atoms with Gasteiger partial charge in [-0.1, -0.05) is 60.1 Å². The van der Waals surface area contributed by atoms with Gasteiger partial charge in [0, 0.05) is 23.1 Å². The molecule has 0 atom stereocenters. The van der Waals surface area contributed by atoms with Crippen LogP contribution in [0, 0.1) is 0 Å². The summed E-state index contributed by atoms with van der Waals surface area (Å²) in [6, 6.07) is 24.6. The second-order valence-corrected chi connectivity index (χ2v) is 10.1. The fraction of sp³-hybridized carbons (Fsp3) is 0.174. The number of hydrogen-bond donors (Lipinski definition) is 1. The molecule has 0 aliphatic carbocycles. The lowest BCUT2D eigenvalue weighted by atomic mass is 10.2. The summed E-state index contributed by atoms with van der Waals surface area (Å²) in [4.78, 5) is 12.6. The van der Waals surface area contributed by atoms with Gasteiger partial charge >= 0.3 is 0 Å². The van der Waals surface area contributed by atoms with Crippen LogP contribution in [0.2, 0.25) is 5.02 Å². The number of sulfonamides is 1. The van der Waals surface area contributed by atoms with E-state index in [4.69, 9.17) is 11.6 Å². The summed E-state index contributed by atoms with van der Waals surface area (Å²) in [6.45, 7) is 0.151. The Labute approximate surface area is 192 Å². The van der Waals surface area contributed by atoms with Crippen LogP contribution in [0.1, 0.15) is 5.56 Å². The third kappa shape index (κ3) is 6.75. The van der Waals surface area contributed by atoms with Gasteiger partial charge in [0.1, 0.15) is 6.54 Å². The number of hydrogen-bond acceptors (Lipinski definition) is 4. The Hall–Kier alpha value is -2.48. The van der Waals surface area contributed by atoms with Crippen LogP contribution in [-0.2, 0) is 20.6 Å². The maximum absolute atomic E-state index is 13.2. The molecule has 0 fully saturated rings. The van der Waals surface area contributed by atoms with Crippen molar-refractivity contribution in [3.63, 3.8) is 0 Å². The van der Waals surface area contributed by atoms with Crippen LogP contribution in [0.4, 0.5) is 5.69 Å². The summed E-state index contributed by atoms with van der Waals surface area (Å²) >= 11 is 7.60.